The number of halogens is 1. The van der Waals surface area contributed by atoms with Crippen molar-refractivity contribution < 1.29 is 9.72 Å². The molecular formula is C13H10BrN3O3. The highest BCUT2D eigenvalue weighted by Gasteiger charge is 2.17. The van der Waals surface area contributed by atoms with Gasteiger partial charge in [-0.25, -0.2) is 4.98 Å². The third kappa shape index (κ3) is 2.83. The number of amides is 1. The molecule has 1 N–H and O–H groups in total. The zero-order valence-corrected chi connectivity index (χ0v) is 12.0. The van der Waals surface area contributed by atoms with E-state index in [0.717, 1.165) is 0 Å². The lowest BCUT2D eigenvalue weighted by molar-refractivity contribution is -0.385. The van der Waals surface area contributed by atoms with E-state index in [1.165, 1.54) is 18.3 Å². The van der Waals surface area contributed by atoms with Crippen LogP contribution in [-0.4, -0.2) is 15.8 Å². The number of rotatable bonds is 3. The molecule has 7 heteroatoms. The molecule has 2 aromatic rings. The second-order valence-electron chi connectivity index (χ2n) is 3.99. The number of benzene rings is 1. The number of carbonyl (C=O) groups excluding carboxylic acids is 1. The molecule has 0 saturated heterocycles. The van der Waals surface area contributed by atoms with E-state index < -0.39 is 10.8 Å². The van der Waals surface area contributed by atoms with Gasteiger partial charge in [-0.05, 0) is 41.1 Å². The van der Waals surface area contributed by atoms with Gasteiger partial charge in [0.25, 0.3) is 11.6 Å². The number of hydrogen-bond donors (Lipinski definition) is 1. The van der Waals surface area contributed by atoms with Crippen molar-refractivity contribution in [3.8, 4) is 0 Å². The largest absolute Gasteiger partial charge is 0.320 e. The summed E-state index contributed by atoms with van der Waals surface area (Å²) in [5.74, 6) is -0.430. The molecule has 1 aromatic carbocycles. The molecule has 0 radical (unpaired) electrons. The van der Waals surface area contributed by atoms with Crippen LogP contribution >= 0.6 is 15.9 Å². The number of nitro benzene ring substituents is 1. The summed E-state index contributed by atoms with van der Waals surface area (Å²) in [6, 6.07) is 7.91. The van der Waals surface area contributed by atoms with E-state index in [1.807, 2.05) is 0 Å². The lowest BCUT2D eigenvalue weighted by Gasteiger charge is -2.08. The minimum Gasteiger partial charge on any atom is -0.320 e. The smallest absolute Gasteiger partial charge is 0.275 e. The summed E-state index contributed by atoms with van der Waals surface area (Å²) in [6.07, 6.45) is 1.50. The first kappa shape index (κ1) is 14.1. The van der Waals surface area contributed by atoms with E-state index in [9.17, 15) is 14.9 Å². The molecule has 102 valence electrons. The summed E-state index contributed by atoms with van der Waals surface area (Å²) in [7, 11) is 0. The van der Waals surface area contributed by atoms with Crippen LogP contribution in [0.5, 0.6) is 0 Å². The zero-order chi connectivity index (χ0) is 14.7. The molecule has 1 amide bonds. The highest BCUT2D eigenvalue weighted by molar-refractivity contribution is 9.10. The second-order valence-corrected chi connectivity index (χ2v) is 4.85. The second kappa shape index (κ2) is 5.79. The van der Waals surface area contributed by atoms with Gasteiger partial charge in [-0.3, -0.25) is 14.9 Å². The first-order valence-corrected chi connectivity index (χ1v) is 6.46. The Morgan fingerprint density at radius 3 is 2.75 bits per heavy atom. The minimum absolute atomic E-state index is 0.0390. The first-order valence-electron chi connectivity index (χ1n) is 5.66. The number of hydrogen-bond acceptors (Lipinski definition) is 4. The highest BCUT2D eigenvalue weighted by Crippen LogP contribution is 2.25. The maximum absolute atomic E-state index is 12.1. The molecular weight excluding hydrogens is 326 g/mol. The average molecular weight is 336 g/mol. The van der Waals surface area contributed by atoms with Gasteiger partial charge in [0.05, 0.1) is 16.2 Å². The minimum atomic E-state index is -0.484. The van der Waals surface area contributed by atoms with Crippen molar-refractivity contribution >= 4 is 33.2 Å². The summed E-state index contributed by atoms with van der Waals surface area (Å²) in [4.78, 5) is 26.4. The van der Waals surface area contributed by atoms with Gasteiger partial charge < -0.3 is 5.32 Å². The fourth-order valence-electron chi connectivity index (χ4n) is 1.69. The van der Waals surface area contributed by atoms with Crippen LogP contribution in [0.1, 0.15) is 16.1 Å². The van der Waals surface area contributed by atoms with E-state index in [2.05, 4.69) is 26.2 Å². The van der Waals surface area contributed by atoms with Crippen molar-refractivity contribution in [2.24, 2.45) is 0 Å². The van der Waals surface area contributed by atoms with Crippen LogP contribution in [0.15, 0.2) is 41.0 Å². The van der Waals surface area contributed by atoms with E-state index in [1.54, 1.807) is 25.1 Å². The molecule has 1 heterocycles. The quantitative estimate of drug-likeness (QED) is 0.688. The molecule has 0 unspecified atom stereocenters. The molecule has 0 atom stereocenters. The Bertz CT molecular complexity index is 688. The third-order valence-corrected chi connectivity index (χ3v) is 3.36. The molecule has 0 fully saturated rings. The Balaban J connectivity index is 2.32. The Kier molecular flexibility index (Phi) is 4.09. The lowest BCUT2D eigenvalue weighted by Crippen LogP contribution is -2.15. The molecule has 0 spiro atoms. The lowest BCUT2D eigenvalue weighted by atomic mass is 10.1. The van der Waals surface area contributed by atoms with Crippen molar-refractivity contribution in [3.05, 3.63) is 62.4 Å². The number of nitro groups is 1. The Labute approximate surface area is 123 Å². The summed E-state index contributed by atoms with van der Waals surface area (Å²) in [5, 5.41) is 13.5. The van der Waals surface area contributed by atoms with Crippen molar-refractivity contribution in [1.82, 2.24) is 4.98 Å². The molecule has 0 aliphatic rings. The Morgan fingerprint density at radius 2 is 2.10 bits per heavy atom. The van der Waals surface area contributed by atoms with Gasteiger partial charge in [0, 0.05) is 16.7 Å². The van der Waals surface area contributed by atoms with Crippen LogP contribution in [0.2, 0.25) is 0 Å². The number of nitrogens with one attached hydrogen (secondary N) is 1. The number of carbonyl (C=O) groups is 1. The predicted molar refractivity (Wildman–Crippen MR) is 77.7 cm³/mol. The van der Waals surface area contributed by atoms with Gasteiger partial charge in [0.15, 0.2) is 0 Å². The van der Waals surface area contributed by atoms with Gasteiger partial charge in [0.2, 0.25) is 0 Å². The van der Waals surface area contributed by atoms with E-state index in [0.29, 0.717) is 15.7 Å². The number of pyridine rings is 1. The molecule has 0 saturated carbocycles. The summed E-state index contributed by atoms with van der Waals surface area (Å²) in [5.41, 5.74) is 0.973. The predicted octanol–water partition coefficient (Wildman–Crippen LogP) is 3.31. The highest BCUT2D eigenvalue weighted by atomic mass is 79.9. The Hall–Kier alpha value is -2.28. The molecule has 0 aliphatic heterocycles. The van der Waals surface area contributed by atoms with Crippen molar-refractivity contribution in [2.75, 3.05) is 5.32 Å². The number of nitrogens with zero attached hydrogens (tertiary/aromatic N) is 2. The maximum atomic E-state index is 12.1. The van der Waals surface area contributed by atoms with E-state index in [-0.39, 0.29) is 11.4 Å². The van der Waals surface area contributed by atoms with Gasteiger partial charge in [0.1, 0.15) is 5.69 Å². The molecule has 20 heavy (non-hydrogen) atoms. The average Bonchev–Trinajstić information content (AvgIpc) is 2.41. The van der Waals surface area contributed by atoms with Crippen LogP contribution < -0.4 is 5.32 Å². The topological polar surface area (TPSA) is 85.1 Å². The number of aromatic nitrogens is 1. The van der Waals surface area contributed by atoms with Crippen LogP contribution in [0, 0.1) is 17.0 Å². The molecule has 1 aromatic heterocycles. The molecule has 6 nitrogen and oxygen atoms in total. The fourth-order valence-corrected chi connectivity index (χ4v) is 2.13. The normalized spacial score (nSPS) is 10.1. The zero-order valence-electron chi connectivity index (χ0n) is 10.5. The van der Waals surface area contributed by atoms with Crippen LogP contribution in [0.4, 0.5) is 11.4 Å². The van der Waals surface area contributed by atoms with Gasteiger partial charge in [-0.1, -0.05) is 6.07 Å². The van der Waals surface area contributed by atoms with Gasteiger partial charge >= 0.3 is 0 Å². The summed E-state index contributed by atoms with van der Waals surface area (Å²) in [6.45, 7) is 1.58. The fraction of sp³-hybridized carbons (Fsp3) is 0.0769. The molecule has 0 aliphatic carbocycles. The van der Waals surface area contributed by atoms with Crippen LogP contribution in [0.3, 0.4) is 0 Å². The van der Waals surface area contributed by atoms with Gasteiger partial charge in [-0.2, -0.15) is 0 Å². The molecule has 0 bridgehead atoms. The number of anilines is 1. The Morgan fingerprint density at radius 1 is 1.35 bits per heavy atom. The maximum Gasteiger partial charge on any atom is 0.275 e. The SMILES string of the molecule is Cc1c(NC(=O)c2ncccc2Br)cccc1[N+](=O)[O-]. The first-order chi connectivity index (χ1) is 9.50. The van der Waals surface area contributed by atoms with Crippen molar-refractivity contribution in [1.29, 1.82) is 0 Å². The van der Waals surface area contributed by atoms with E-state index >= 15 is 0 Å². The monoisotopic (exact) mass is 335 g/mol. The van der Waals surface area contributed by atoms with Crippen LogP contribution in [0.25, 0.3) is 0 Å². The molecule has 2 rings (SSSR count). The standard InChI is InChI=1S/C13H10BrN3O3/c1-8-10(5-2-6-11(8)17(19)20)16-13(18)12-9(14)4-3-7-15-12/h2-7H,1H3,(H,16,18). The van der Waals surface area contributed by atoms with Crippen molar-refractivity contribution in [3.63, 3.8) is 0 Å². The summed E-state index contributed by atoms with van der Waals surface area (Å²) >= 11 is 3.23. The van der Waals surface area contributed by atoms with Crippen LogP contribution in [-0.2, 0) is 0 Å². The van der Waals surface area contributed by atoms with E-state index in [4.69, 9.17) is 0 Å². The third-order valence-electron chi connectivity index (χ3n) is 2.72. The summed E-state index contributed by atoms with van der Waals surface area (Å²) < 4.78 is 0.556. The van der Waals surface area contributed by atoms with Crippen molar-refractivity contribution in [2.45, 2.75) is 6.92 Å². The van der Waals surface area contributed by atoms with Gasteiger partial charge in [-0.15, -0.1) is 0 Å².